The van der Waals surface area contributed by atoms with Crippen LogP contribution in [0.25, 0.3) is 0 Å². The van der Waals surface area contributed by atoms with Crippen LogP contribution in [0.1, 0.15) is 6.42 Å². The Hall–Kier alpha value is -1.83. The van der Waals surface area contributed by atoms with Gasteiger partial charge in [-0.15, -0.1) is 3.89 Å². The zero-order valence-corrected chi connectivity index (χ0v) is 12.5. The highest BCUT2D eigenvalue weighted by Gasteiger charge is 2.36. The van der Waals surface area contributed by atoms with E-state index >= 15 is 0 Å². The predicted molar refractivity (Wildman–Crippen MR) is 74.9 cm³/mol. The fraction of sp³-hybridized carbons (Fsp3) is 0.462. The molecule has 1 amide bonds. The monoisotopic (exact) mass is 317 g/mol. The van der Waals surface area contributed by atoms with E-state index < -0.39 is 21.9 Å². The van der Waals surface area contributed by atoms with Crippen molar-refractivity contribution in [1.82, 2.24) is 0 Å². The first-order valence-electron chi connectivity index (χ1n) is 6.29. The van der Waals surface area contributed by atoms with Crippen LogP contribution in [0.4, 0.5) is 9.57 Å². The third-order valence-corrected chi connectivity index (χ3v) is 4.18. The molecule has 21 heavy (non-hydrogen) atoms. The second-order valence-electron chi connectivity index (χ2n) is 4.79. The van der Waals surface area contributed by atoms with E-state index in [1.807, 2.05) is 0 Å². The Bertz CT molecular complexity index is 624. The van der Waals surface area contributed by atoms with E-state index in [1.165, 1.54) is 19.1 Å². The van der Waals surface area contributed by atoms with Crippen molar-refractivity contribution >= 4 is 21.8 Å². The predicted octanol–water partition coefficient (Wildman–Crippen LogP) is 1.36. The molecule has 0 spiro atoms. The summed E-state index contributed by atoms with van der Waals surface area (Å²) in [6, 6.07) is 5.06. The lowest BCUT2D eigenvalue weighted by molar-refractivity contribution is -0.117. The maximum absolute atomic E-state index is 12.8. The van der Waals surface area contributed by atoms with Crippen LogP contribution in [0.2, 0.25) is 0 Å². The molecular weight excluding hydrogens is 301 g/mol. The molecule has 116 valence electrons. The summed E-state index contributed by atoms with van der Waals surface area (Å²) in [7, 11) is -1.69. The van der Waals surface area contributed by atoms with Crippen molar-refractivity contribution in [2.24, 2.45) is 5.92 Å². The zero-order valence-electron chi connectivity index (χ0n) is 11.7. The van der Waals surface area contributed by atoms with E-state index in [9.17, 15) is 17.1 Å². The van der Waals surface area contributed by atoms with Gasteiger partial charge in [-0.3, -0.25) is 4.79 Å². The van der Waals surface area contributed by atoms with Crippen molar-refractivity contribution in [3.05, 3.63) is 18.2 Å². The maximum Gasteiger partial charge on any atom is 0.302 e. The maximum atomic E-state index is 12.8. The molecule has 1 aliphatic rings. The molecular formula is C13H16FNO5S. The van der Waals surface area contributed by atoms with Gasteiger partial charge >= 0.3 is 10.2 Å². The van der Waals surface area contributed by atoms with Crippen LogP contribution in [-0.2, 0) is 15.0 Å². The van der Waals surface area contributed by atoms with Crippen molar-refractivity contribution in [3.63, 3.8) is 0 Å². The summed E-state index contributed by atoms with van der Waals surface area (Å²) in [5.41, 5.74) is 0.436. The van der Waals surface area contributed by atoms with E-state index in [1.54, 1.807) is 18.2 Å². The molecule has 1 aliphatic heterocycles. The van der Waals surface area contributed by atoms with Gasteiger partial charge in [0.25, 0.3) is 0 Å². The summed E-state index contributed by atoms with van der Waals surface area (Å²) < 4.78 is 44.7. The minimum Gasteiger partial charge on any atom is -0.494 e. The molecule has 0 bridgehead atoms. The third kappa shape index (κ3) is 3.44. The fourth-order valence-corrected chi connectivity index (χ4v) is 3.27. The fourth-order valence-electron chi connectivity index (χ4n) is 2.49. The van der Waals surface area contributed by atoms with Gasteiger partial charge in [0, 0.05) is 18.9 Å². The summed E-state index contributed by atoms with van der Waals surface area (Å²) >= 11 is 0. The van der Waals surface area contributed by atoms with Crippen LogP contribution < -0.4 is 14.4 Å². The van der Waals surface area contributed by atoms with E-state index in [2.05, 4.69) is 0 Å². The van der Waals surface area contributed by atoms with E-state index in [-0.39, 0.29) is 18.9 Å². The Labute approximate surface area is 122 Å². The molecule has 0 N–H and O–H groups in total. The van der Waals surface area contributed by atoms with Gasteiger partial charge in [-0.1, -0.05) is 6.07 Å². The van der Waals surface area contributed by atoms with E-state index in [0.717, 1.165) is 0 Å². The lowest BCUT2D eigenvalue weighted by Gasteiger charge is -2.22. The molecule has 0 saturated carbocycles. The number of halogens is 1. The third-order valence-electron chi connectivity index (χ3n) is 3.31. The number of amides is 1. The van der Waals surface area contributed by atoms with E-state index in [0.29, 0.717) is 17.2 Å². The van der Waals surface area contributed by atoms with Crippen LogP contribution in [0.5, 0.6) is 11.5 Å². The number of para-hydroxylation sites is 1. The number of benzene rings is 1. The normalized spacial score (nSPS) is 18.9. The number of carbonyl (C=O) groups excluding carboxylic acids is 1. The summed E-state index contributed by atoms with van der Waals surface area (Å²) in [6.45, 7) is 0.110. The van der Waals surface area contributed by atoms with Crippen LogP contribution in [0, 0.1) is 5.92 Å². The average molecular weight is 317 g/mol. The molecule has 2 rings (SSSR count). The molecule has 1 saturated heterocycles. The van der Waals surface area contributed by atoms with Gasteiger partial charge in [-0.25, -0.2) is 0 Å². The molecule has 1 atom stereocenters. The van der Waals surface area contributed by atoms with Gasteiger partial charge in [-0.2, -0.15) is 8.42 Å². The average Bonchev–Trinajstić information content (AvgIpc) is 2.75. The second-order valence-corrected chi connectivity index (χ2v) is 6.20. The molecule has 1 heterocycles. The Morgan fingerprint density at radius 3 is 2.33 bits per heavy atom. The lowest BCUT2D eigenvalue weighted by Crippen LogP contribution is -2.26. The second kappa shape index (κ2) is 5.88. The van der Waals surface area contributed by atoms with Gasteiger partial charge in [0.05, 0.1) is 20.0 Å². The standard InChI is InChI=1S/C13H16FNO5S/c1-19-10-4-3-5-11(20-2)13(10)15-7-9(6-12(15)16)8-21(14,17)18/h3-5,9H,6-8H2,1-2H3. The van der Waals surface area contributed by atoms with Gasteiger partial charge < -0.3 is 14.4 Å². The van der Waals surface area contributed by atoms with Crippen molar-refractivity contribution in [2.45, 2.75) is 6.42 Å². The summed E-state index contributed by atoms with van der Waals surface area (Å²) in [6.07, 6.45) is -0.0235. The Kier molecular flexibility index (Phi) is 4.36. The first kappa shape index (κ1) is 15.6. The molecule has 1 fully saturated rings. The first-order valence-corrected chi connectivity index (χ1v) is 7.84. The van der Waals surface area contributed by atoms with E-state index in [4.69, 9.17) is 9.47 Å². The van der Waals surface area contributed by atoms with Crippen molar-refractivity contribution < 1.29 is 26.6 Å². The van der Waals surface area contributed by atoms with Crippen molar-refractivity contribution in [1.29, 1.82) is 0 Å². The number of rotatable bonds is 5. The number of nitrogens with zero attached hydrogens (tertiary/aromatic N) is 1. The van der Waals surface area contributed by atoms with Crippen LogP contribution in [0.3, 0.4) is 0 Å². The quantitative estimate of drug-likeness (QED) is 0.767. The molecule has 1 unspecified atom stereocenters. The van der Waals surface area contributed by atoms with Crippen LogP contribution >= 0.6 is 0 Å². The Balaban J connectivity index is 2.33. The highest BCUT2D eigenvalue weighted by atomic mass is 32.3. The van der Waals surface area contributed by atoms with Crippen molar-refractivity contribution in [2.75, 3.05) is 31.4 Å². The Morgan fingerprint density at radius 1 is 1.29 bits per heavy atom. The van der Waals surface area contributed by atoms with Crippen molar-refractivity contribution in [3.8, 4) is 11.5 Å². The number of hydrogen-bond acceptors (Lipinski definition) is 5. The van der Waals surface area contributed by atoms with Crippen LogP contribution in [-0.4, -0.2) is 40.8 Å². The molecule has 1 aromatic rings. The van der Waals surface area contributed by atoms with Gasteiger partial charge in [0.2, 0.25) is 5.91 Å². The lowest BCUT2D eigenvalue weighted by atomic mass is 10.1. The minimum atomic E-state index is -4.61. The summed E-state index contributed by atoms with van der Waals surface area (Å²) in [5, 5.41) is 0. The highest BCUT2D eigenvalue weighted by molar-refractivity contribution is 7.86. The number of methoxy groups -OCH3 is 2. The summed E-state index contributed by atoms with van der Waals surface area (Å²) in [4.78, 5) is 13.5. The number of anilines is 1. The summed E-state index contributed by atoms with van der Waals surface area (Å²) in [5.74, 6) is -0.654. The van der Waals surface area contributed by atoms with Gasteiger partial charge in [0.15, 0.2) is 0 Å². The van der Waals surface area contributed by atoms with Crippen LogP contribution in [0.15, 0.2) is 18.2 Å². The Morgan fingerprint density at radius 2 is 1.86 bits per heavy atom. The highest BCUT2D eigenvalue weighted by Crippen LogP contribution is 2.40. The molecule has 6 nitrogen and oxygen atoms in total. The SMILES string of the molecule is COc1cccc(OC)c1N1CC(CS(=O)(=O)F)CC1=O. The number of ether oxygens (including phenoxy) is 2. The van der Waals surface area contributed by atoms with Gasteiger partial charge in [0.1, 0.15) is 17.2 Å². The zero-order chi connectivity index (χ0) is 15.6. The molecule has 0 aromatic heterocycles. The molecule has 1 aromatic carbocycles. The first-order chi connectivity index (χ1) is 9.85. The largest absolute Gasteiger partial charge is 0.494 e. The number of carbonyl (C=O) groups is 1. The smallest absolute Gasteiger partial charge is 0.302 e. The topological polar surface area (TPSA) is 72.9 Å². The molecule has 8 heteroatoms. The molecule has 0 radical (unpaired) electrons. The molecule has 0 aliphatic carbocycles. The minimum absolute atomic E-state index is 0.0235. The van der Waals surface area contributed by atoms with Gasteiger partial charge in [-0.05, 0) is 12.1 Å². The number of hydrogen-bond donors (Lipinski definition) is 0.